The van der Waals surface area contributed by atoms with E-state index >= 15 is 0 Å². The van der Waals surface area contributed by atoms with Crippen molar-refractivity contribution in [2.75, 3.05) is 19.7 Å². The Morgan fingerprint density at radius 2 is 2.18 bits per heavy atom. The van der Waals surface area contributed by atoms with E-state index in [2.05, 4.69) is 29.3 Å². The Balaban J connectivity index is 1.94. The maximum atomic E-state index is 9.66. The van der Waals surface area contributed by atoms with E-state index in [1.807, 2.05) is 11.3 Å². The maximum absolute atomic E-state index is 9.66. The lowest BCUT2D eigenvalue weighted by Crippen LogP contribution is -2.38. The first-order valence-corrected chi connectivity index (χ1v) is 7.51. The minimum Gasteiger partial charge on any atom is -0.396 e. The Morgan fingerprint density at radius 1 is 1.41 bits per heavy atom. The van der Waals surface area contributed by atoms with Crippen molar-refractivity contribution < 1.29 is 5.11 Å². The van der Waals surface area contributed by atoms with Gasteiger partial charge >= 0.3 is 0 Å². The molecule has 0 saturated heterocycles. The average Bonchev–Trinajstić information content (AvgIpc) is 3.00. The van der Waals surface area contributed by atoms with Gasteiger partial charge in [0.2, 0.25) is 0 Å². The molecule has 2 rings (SSSR count). The van der Waals surface area contributed by atoms with Crippen LogP contribution in [0.4, 0.5) is 0 Å². The average molecular weight is 253 g/mol. The van der Waals surface area contributed by atoms with Crippen LogP contribution in [0.3, 0.4) is 0 Å². The standard InChI is InChI=1S/C14H23NOS/c1-2-15(10-13-6-5-9-17-13)11-14(12-16)7-3-4-8-14/h5-6,9,16H,2-4,7-8,10-12H2,1H3. The zero-order valence-corrected chi connectivity index (χ0v) is 11.5. The summed E-state index contributed by atoms with van der Waals surface area (Å²) in [6.07, 6.45) is 4.98. The molecule has 96 valence electrons. The molecule has 0 aliphatic heterocycles. The highest BCUT2D eigenvalue weighted by Gasteiger charge is 2.34. The third-order valence-electron chi connectivity index (χ3n) is 3.97. The van der Waals surface area contributed by atoms with Gasteiger partial charge in [-0.3, -0.25) is 4.90 Å². The van der Waals surface area contributed by atoms with Crippen LogP contribution < -0.4 is 0 Å². The van der Waals surface area contributed by atoms with Crippen molar-refractivity contribution in [3.05, 3.63) is 22.4 Å². The summed E-state index contributed by atoms with van der Waals surface area (Å²) in [6.45, 7) is 5.73. The zero-order valence-electron chi connectivity index (χ0n) is 10.7. The smallest absolute Gasteiger partial charge is 0.0499 e. The van der Waals surface area contributed by atoms with Crippen LogP contribution in [-0.4, -0.2) is 29.7 Å². The van der Waals surface area contributed by atoms with Crippen molar-refractivity contribution in [1.29, 1.82) is 0 Å². The highest BCUT2D eigenvalue weighted by Crippen LogP contribution is 2.38. The highest BCUT2D eigenvalue weighted by molar-refractivity contribution is 7.09. The van der Waals surface area contributed by atoms with Gasteiger partial charge in [0.15, 0.2) is 0 Å². The van der Waals surface area contributed by atoms with Gasteiger partial charge in [-0.05, 0) is 30.8 Å². The number of hydrogen-bond donors (Lipinski definition) is 1. The lowest BCUT2D eigenvalue weighted by molar-refractivity contribution is 0.0777. The molecule has 1 aliphatic carbocycles. The van der Waals surface area contributed by atoms with Crippen molar-refractivity contribution in [2.45, 2.75) is 39.2 Å². The van der Waals surface area contributed by atoms with Gasteiger partial charge in [0.25, 0.3) is 0 Å². The fourth-order valence-corrected chi connectivity index (χ4v) is 3.61. The summed E-state index contributed by atoms with van der Waals surface area (Å²) >= 11 is 1.83. The molecule has 1 aromatic heterocycles. The van der Waals surface area contributed by atoms with E-state index in [4.69, 9.17) is 0 Å². The summed E-state index contributed by atoms with van der Waals surface area (Å²) in [6, 6.07) is 4.32. The van der Waals surface area contributed by atoms with E-state index < -0.39 is 0 Å². The van der Waals surface area contributed by atoms with Gasteiger partial charge in [0, 0.05) is 30.0 Å². The number of rotatable bonds is 6. The molecule has 2 nitrogen and oxygen atoms in total. The Hall–Kier alpha value is -0.380. The molecule has 0 spiro atoms. The number of aliphatic hydroxyl groups excluding tert-OH is 1. The molecule has 1 aromatic rings. The van der Waals surface area contributed by atoms with Gasteiger partial charge in [-0.25, -0.2) is 0 Å². The normalized spacial score (nSPS) is 19.0. The molecule has 0 aromatic carbocycles. The predicted molar refractivity (Wildman–Crippen MR) is 73.3 cm³/mol. The summed E-state index contributed by atoms with van der Waals surface area (Å²) in [5.74, 6) is 0. The van der Waals surface area contributed by atoms with Crippen LogP contribution >= 0.6 is 11.3 Å². The lowest BCUT2D eigenvalue weighted by Gasteiger charge is -2.33. The van der Waals surface area contributed by atoms with E-state index in [1.54, 1.807) is 0 Å². The fourth-order valence-electron chi connectivity index (χ4n) is 2.87. The first-order chi connectivity index (χ1) is 8.28. The quantitative estimate of drug-likeness (QED) is 0.842. The van der Waals surface area contributed by atoms with Gasteiger partial charge in [0.1, 0.15) is 0 Å². The van der Waals surface area contributed by atoms with Crippen molar-refractivity contribution >= 4 is 11.3 Å². The monoisotopic (exact) mass is 253 g/mol. The summed E-state index contributed by atoms with van der Waals surface area (Å²) in [5.41, 5.74) is 0.188. The van der Waals surface area contributed by atoms with Crippen LogP contribution in [0.15, 0.2) is 17.5 Å². The molecule has 1 N–H and O–H groups in total. The number of nitrogens with zero attached hydrogens (tertiary/aromatic N) is 1. The van der Waals surface area contributed by atoms with Gasteiger partial charge in [-0.15, -0.1) is 11.3 Å². The summed E-state index contributed by atoms with van der Waals surface area (Å²) in [4.78, 5) is 3.91. The van der Waals surface area contributed by atoms with Crippen molar-refractivity contribution in [2.24, 2.45) is 5.41 Å². The van der Waals surface area contributed by atoms with Gasteiger partial charge in [0.05, 0.1) is 0 Å². The highest BCUT2D eigenvalue weighted by atomic mass is 32.1. The molecule has 0 amide bonds. The Bertz CT molecular complexity index is 317. The summed E-state index contributed by atoms with van der Waals surface area (Å²) in [5, 5.41) is 11.8. The minimum absolute atomic E-state index is 0.188. The second-order valence-electron chi connectivity index (χ2n) is 5.25. The SMILES string of the molecule is CCN(Cc1cccs1)CC1(CO)CCCC1. The van der Waals surface area contributed by atoms with Gasteiger partial charge in [-0.2, -0.15) is 0 Å². The largest absolute Gasteiger partial charge is 0.396 e. The Labute approximate surface area is 108 Å². The molecule has 0 bridgehead atoms. The molecule has 0 radical (unpaired) electrons. The van der Waals surface area contributed by atoms with Crippen molar-refractivity contribution in [3.8, 4) is 0 Å². The molecule has 1 aliphatic rings. The van der Waals surface area contributed by atoms with E-state index in [0.29, 0.717) is 6.61 Å². The zero-order chi connectivity index (χ0) is 12.1. The molecule has 1 saturated carbocycles. The molecule has 0 atom stereocenters. The molecule has 0 unspecified atom stereocenters. The third kappa shape index (κ3) is 3.30. The van der Waals surface area contributed by atoms with Crippen LogP contribution in [0.1, 0.15) is 37.5 Å². The predicted octanol–water partition coefficient (Wildman–Crippen LogP) is 3.12. The number of thiophene rings is 1. The summed E-state index contributed by atoms with van der Waals surface area (Å²) < 4.78 is 0. The Kier molecular flexibility index (Phi) is 4.60. The van der Waals surface area contributed by atoms with E-state index in [1.165, 1.54) is 30.6 Å². The van der Waals surface area contributed by atoms with Crippen LogP contribution in [0.25, 0.3) is 0 Å². The van der Waals surface area contributed by atoms with Gasteiger partial charge in [-0.1, -0.05) is 25.8 Å². The van der Waals surface area contributed by atoms with Crippen LogP contribution in [0.2, 0.25) is 0 Å². The van der Waals surface area contributed by atoms with Crippen LogP contribution in [0.5, 0.6) is 0 Å². The molecule has 1 heterocycles. The van der Waals surface area contributed by atoms with Crippen molar-refractivity contribution in [1.82, 2.24) is 4.90 Å². The molecular formula is C14H23NOS. The van der Waals surface area contributed by atoms with E-state index in [0.717, 1.165) is 19.6 Å². The van der Waals surface area contributed by atoms with Crippen molar-refractivity contribution in [3.63, 3.8) is 0 Å². The molecule has 1 fully saturated rings. The topological polar surface area (TPSA) is 23.5 Å². The summed E-state index contributed by atoms with van der Waals surface area (Å²) in [7, 11) is 0. The Morgan fingerprint density at radius 3 is 2.71 bits per heavy atom. The number of aliphatic hydroxyl groups is 1. The first-order valence-electron chi connectivity index (χ1n) is 6.63. The third-order valence-corrected chi connectivity index (χ3v) is 4.83. The molecule has 17 heavy (non-hydrogen) atoms. The first kappa shape index (κ1) is 13.1. The molecule has 3 heteroatoms. The van der Waals surface area contributed by atoms with Crippen LogP contribution in [-0.2, 0) is 6.54 Å². The van der Waals surface area contributed by atoms with Gasteiger partial charge < -0.3 is 5.11 Å². The molecular weight excluding hydrogens is 230 g/mol. The van der Waals surface area contributed by atoms with E-state index in [-0.39, 0.29) is 5.41 Å². The minimum atomic E-state index is 0.188. The fraction of sp³-hybridized carbons (Fsp3) is 0.714. The second kappa shape index (κ2) is 5.98. The lowest BCUT2D eigenvalue weighted by atomic mass is 9.86. The number of hydrogen-bond acceptors (Lipinski definition) is 3. The van der Waals surface area contributed by atoms with Crippen LogP contribution in [0, 0.1) is 5.41 Å². The second-order valence-corrected chi connectivity index (χ2v) is 6.28. The maximum Gasteiger partial charge on any atom is 0.0499 e. The van der Waals surface area contributed by atoms with E-state index in [9.17, 15) is 5.11 Å².